The number of anilines is 1. The van der Waals surface area contributed by atoms with Gasteiger partial charge in [-0.05, 0) is 25.2 Å². The molecule has 8 heteroatoms. The van der Waals surface area contributed by atoms with Crippen molar-refractivity contribution in [2.45, 2.75) is 27.2 Å². The fourth-order valence-electron chi connectivity index (χ4n) is 3.70. The number of piperidine rings is 1. The van der Waals surface area contributed by atoms with E-state index >= 15 is 0 Å². The minimum atomic E-state index is 0.688. The monoisotopic (exact) mass is 358 g/mol. The van der Waals surface area contributed by atoms with Crippen LogP contribution in [0.15, 0.2) is 17.5 Å². The van der Waals surface area contributed by atoms with E-state index in [1.54, 1.807) is 17.2 Å². The summed E-state index contributed by atoms with van der Waals surface area (Å²) in [5.41, 5.74) is 0.829. The Kier molecular flexibility index (Phi) is 5.90. The predicted molar refractivity (Wildman–Crippen MR) is 105 cm³/mol. The first-order chi connectivity index (χ1) is 12.6. The Morgan fingerprint density at radius 1 is 1.27 bits per heavy atom. The Morgan fingerprint density at radius 2 is 2.04 bits per heavy atom. The Balaban J connectivity index is 1.61. The fourth-order valence-corrected chi connectivity index (χ4v) is 3.70. The molecule has 2 unspecified atom stereocenters. The van der Waals surface area contributed by atoms with E-state index in [9.17, 15) is 0 Å². The van der Waals surface area contributed by atoms with E-state index < -0.39 is 0 Å². The second-order valence-corrected chi connectivity index (χ2v) is 7.24. The van der Waals surface area contributed by atoms with Crippen molar-refractivity contribution in [2.75, 3.05) is 38.0 Å². The van der Waals surface area contributed by atoms with Gasteiger partial charge in [0, 0.05) is 33.2 Å². The van der Waals surface area contributed by atoms with Crippen LogP contribution in [0.3, 0.4) is 0 Å². The molecular weight excluding hydrogens is 328 g/mol. The standard InChI is InChI=1S/C18H30N8/c1-5-19-18(26-10-13(2)8-14(3)11-26)21-7-6-20-16-15-9-24-25(4)17(15)23-12-22-16/h9,12-14H,5-8,10-11H2,1-4H3,(H,19,21)(H,20,22,23). The first kappa shape index (κ1) is 18.4. The number of aliphatic imine (C=N–C) groups is 1. The highest BCUT2D eigenvalue weighted by Crippen LogP contribution is 2.21. The van der Waals surface area contributed by atoms with Crippen LogP contribution in [-0.2, 0) is 7.05 Å². The zero-order valence-electron chi connectivity index (χ0n) is 16.2. The maximum Gasteiger partial charge on any atom is 0.193 e. The maximum absolute atomic E-state index is 4.81. The molecule has 142 valence electrons. The lowest BCUT2D eigenvalue weighted by molar-refractivity contribution is 0.208. The number of fused-ring (bicyclic) bond motifs is 1. The van der Waals surface area contributed by atoms with Crippen LogP contribution < -0.4 is 10.6 Å². The summed E-state index contributed by atoms with van der Waals surface area (Å²) in [7, 11) is 1.88. The summed E-state index contributed by atoms with van der Waals surface area (Å²) in [5, 5.41) is 12.0. The van der Waals surface area contributed by atoms with Gasteiger partial charge in [0.25, 0.3) is 0 Å². The summed E-state index contributed by atoms with van der Waals surface area (Å²) in [5.74, 6) is 3.24. The molecule has 0 bridgehead atoms. The summed E-state index contributed by atoms with van der Waals surface area (Å²) in [6.07, 6.45) is 4.66. The van der Waals surface area contributed by atoms with Crippen LogP contribution in [0.2, 0.25) is 0 Å². The molecule has 1 saturated heterocycles. The minimum absolute atomic E-state index is 0.688. The molecule has 2 aromatic rings. The normalized spacial score (nSPS) is 21.2. The summed E-state index contributed by atoms with van der Waals surface area (Å²) in [6, 6.07) is 0. The average Bonchev–Trinajstić information content (AvgIpc) is 2.99. The van der Waals surface area contributed by atoms with Crippen LogP contribution >= 0.6 is 0 Å². The van der Waals surface area contributed by atoms with E-state index in [1.807, 2.05) is 7.05 Å². The maximum atomic E-state index is 4.81. The third kappa shape index (κ3) is 4.23. The molecule has 0 radical (unpaired) electrons. The quantitative estimate of drug-likeness (QED) is 0.481. The van der Waals surface area contributed by atoms with Gasteiger partial charge in [0.05, 0.1) is 18.1 Å². The average molecular weight is 358 g/mol. The van der Waals surface area contributed by atoms with E-state index in [4.69, 9.17) is 4.99 Å². The van der Waals surface area contributed by atoms with Crippen molar-refractivity contribution in [1.82, 2.24) is 30.0 Å². The molecule has 2 aromatic heterocycles. The van der Waals surface area contributed by atoms with Crippen molar-refractivity contribution >= 4 is 22.8 Å². The number of likely N-dealkylation sites (tertiary alicyclic amines) is 1. The SMILES string of the molecule is CCNC(=NCCNc1ncnc2c1cnn2C)N1CC(C)CC(C)C1. The number of aryl methyl sites for hydroxylation is 1. The number of nitrogens with zero attached hydrogens (tertiary/aromatic N) is 6. The Labute approximate surface area is 155 Å². The molecule has 0 spiro atoms. The van der Waals surface area contributed by atoms with Gasteiger partial charge >= 0.3 is 0 Å². The molecule has 1 aliphatic heterocycles. The third-order valence-corrected chi connectivity index (χ3v) is 4.70. The number of guanidine groups is 1. The van der Waals surface area contributed by atoms with Gasteiger partial charge in [-0.15, -0.1) is 0 Å². The van der Waals surface area contributed by atoms with Gasteiger partial charge in [0.15, 0.2) is 11.6 Å². The lowest BCUT2D eigenvalue weighted by Gasteiger charge is -2.37. The van der Waals surface area contributed by atoms with E-state index in [-0.39, 0.29) is 0 Å². The van der Waals surface area contributed by atoms with Crippen molar-refractivity contribution in [3.8, 4) is 0 Å². The largest absolute Gasteiger partial charge is 0.367 e. The summed E-state index contributed by atoms with van der Waals surface area (Å²) in [4.78, 5) is 15.8. The second-order valence-electron chi connectivity index (χ2n) is 7.24. The number of rotatable bonds is 5. The number of hydrogen-bond donors (Lipinski definition) is 2. The van der Waals surface area contributed by atoms with Gasteiger partial charge in [-0.3, -0.25) is 9.67 Å². The molecular formula is C18H30N8. The molecule has 3 heterocycles. The first-order valence-electron chi connectivity index (χ1n) is 9.48. The molecule has 0 aliphatic carbocycles. The molecule has 0 amide bonds. The number of aromatic nitrogens is 4. The zero-order chi connectivity index (χ0) is 18.5. The molecule has 0 saturated carbocycles. The Morgan fingerprint density at radius 3 is 2.77 bits per heavy atom. The van der Waals surface area contributed by atoms with Crippen LogP contribution in [0.25, 0.3) is 11.0 Å². The van der Waals surface area contributed by atoms with E-state index in [1.165, 1.54) is 6.42 Å². The smallest absolute Gasteiger partial charge is 0.193 e. The highest BCUT2D eigenvalue weighted by atomic mass is 15.3. The van der Waals surface area contributed by atoms with Gasteiger partial charge in [0.1, 0.15) is 12.1 Å². The lowest BCUT2D eigenvalue weighted by Crippen LogP contribution is -2.48. The van der Waals surface area contributed by atoms with Crippen molar-refractivity contribution < 1.29 is 0 Å². The fraction of sp³-hybridized carbons (Fsp3) is 0.667. The third-order valence-electron chi connectivity index (χ3n) is 4.70. The van der Waals surface area contributed by atoms with Gasteiger partial charge in [-0.1, -0.05) is 13.8 Å². The Hall–Kier alpha value is -2.38. The predicted octanol–water partition coefficient (Wildman–Crippen LogP) is 1.72. The first-order valence-corrected chi connectivity index (χ1v) is 9.48. The molecule has 3 rings (SSSR count). The van der Waals surface area contributed by atoms with E-state index in [2.05, 4.69) is 51.4 Å². The lowest BCUT2D eigenvalue weighted by atomic mass is 9.92. The van der Waals surface area contributed by atoms with E-state index in [0.717, 1.165) is 49.0 Å². The molecule has 2 N–H and O–H groups in total. The summed E-state index contributed by atoms with van der Waals surface area (Å²) < 4.78 is 1.75. The summed E-state index contributed by atoms with van der Waals surface area (Å²) >= 11 is 0. The van der Waals surface area contributed by atoms with Gasteiger partial charge < -0.3 is 15.5 Å². The molecule has 0 aromatic carbocycles. The van der Waals surface area contributed by atoms with Crippen LogP contribution in [0.1, 0.15) is 27.2 Å². The van der Waals surface area contributed by atoms with Crippen LogP contribution in [0.5, 0.6) is 0 Å². The zero-order valence-corrected chi connectivity index (χ0v) is 16.2. The van der Waals surface area contributed by atoms with Crippen LogP contribution in [-0.4, -0.2) is 63.3 Å². The van der Waals surface area contributed by atoms with Crippen LogP contribution in [0.4, 0.5) is 5.82 Å². The summed E-state index contributed by atoms with van der Waals surface area (Å²) in [6.45, 7) is 11.2. The molecule has 8 nitrogen and oxygen atoms in total. The van der Waals surface area contributed by atoms with Crippen molar-refractivity contribution in [3.05, 3.63) is 12.5 Å². The van der Waals surface area contributed by atoms with Crippen LogP contribution in [0, 0.1) is 11.8 Å². The minimum Gasteiger partial charge on any atom is -0.367 e. The van der Waals surface area contributed by atoms with E-state index in [0.29, 0.717) is 18.4 Å². The number of nitrogens with one attached hydrogen (secondary N) is 2. The van der Waals surface area contributed by atoms with Gasteiger partial charge in [-0.2, -0.15) is 5.10 Å². The molecule has 1 fully saturated rings. The van der Waals surface area contributed by atoms with Gasteiger partial charge in [-0.25, -0.2) is 9.97 Å². The second kappa shape index (κ2) is 8.33. The highest BCUT2D eigenvalue weighted by molar-refractivity contribution is 5.86. The van der Waals surface area contributed by atoms with Crippen molar-refractivity contribution in [2.24, 2.45) is 23.9 Å². The topological polar surface area (TPSA) is 83.3 Å². The molecule has 26 heavy (non-hydrogen) atoms. The van der Waals surface area contributed by atoms with Crippen molar-refractivity contribution in [3.63, 3.8) is 0 Å². The highest BCUT2D eigenvalue weighted by Gasteiger charge is 2.23. The van der Waals surface area contributed by atoms with Crippen molar-refractivity contribution in [1.29, 1.82) is 0 Å². The molecule has 1 aliphatic rings. The van der Waals surface area contributed by atoms with Gasteiger partial charge in [0.2, 0.25) is 0 Å². The number of hydrogen-bond acceptors (Lipinski definition) is 5. The Bertz CT molecular complexity index is 743. The molecule has 2 atom stereocenters.